The van der Waals surface area contributed by atoms with Gasteiger partial charge in [-0.15, -0.1) is 0 Å². The number of H-pyrrole nitrogens is 1. The lowest BCUT2D eigenvalue weighted by Crippen LogP contribution is -2.46. The Kier molecular flexibility index (Phi) is 7.33. The molecule has 5 rings (SSSR count). The Morgan fingerprint density at radius 2 is 1.95 bits per heavy atom. The van der Waals surface area contributed by atoms with Crippen LogP contribution < -0.4 is 10.6 Å². The van der Waals surface area contributed by atoms with Gasteiger partial charge in [-0.2, -0.15) is 0 Å². The Morgan fingerprint density at radius 1 is 1.18 bits per heavy atom. The number of piperidine rings is 1. The van der Waals surface area contributed by atoms with Gasteiger partial charge in [-0.3, -0.25) is 14.4 Å². The highest BCUT2D eigenvalue weighted by Crippen LogP contribution is 2.37. The van der Waals surface area contributed by atoms with Crippen molar-refractivity contribution in [2.75, 3.05) is 50.0 Å². The molecule has 3 aliphatic rings. The van der Waals surface area contributed by atoms with Crippen LogP contribution in [0, 0.1) is 12.7 Å². The van der Waals surface area contributed by atoms with Gasteiger partial charge in [0.15, 0.2) is 0 Å². The van der Waals surface area contributed by atoms with Crippen LogP contribution in [0.2, 0.25) is 0 Å². The molecule has 0 radical (unpaired) electrons. The second-order valence-corrected chi connectivity index (χ2v) is 10.1. The number of β-amino-alcohol motifs (C(OH)–C–C–N with tert-alkyl or cyclic N) is 1. The van der Waals surface area contributed by atoms with E-state index >= 15 is 0 Å². The molecular weight excluding hydrogens is 493 g/mol. The van der Waals surface area contributed by atoms with E-state index < -0.39 is 30.3 Å². The van der Waals surface area contributed by atoms with Gasteiger partial charge in [-0.25, -0.2) is 4.39 Å². The number of aromatic nitrogens is 1. The van der Waals surface area contributed by atoms with Gasteiger partial charge in [-0.05, 0) is 56.6 Å². The maximum absolute atomic E-state index is 14.6. The molecule has 202 valence electrons. The monoisotopic (exact) mass is 525 g/mol. The number of halogens is 1. The van der Waals surface area contributed by atoms with E-state index in [2.05, 4.69) is 20.5 Å². The van der Waals surface area contributed by atoms with Crippen molar-refractivity contribution in [2.24, 2.45) is 0 Å². The molecule has 1 aromatic heterocycles. The summed E-state index contributed by atoms with van der Waals surface area (Å²) < 4.78 is 14.6. The number of aliphatic hydroxyl groups is 2. The molecule has 3 amide bonds. The molecule has 0 spiro atoms. The van der Waals surface area contributed by atoms with Gasteiger partial charge in [0.1, 0.15) is 12.4 Å². The van der Waals surface area contributed by atoms with Crippen LogP contribution in [-0.4, -0.2) is 88.2 Å². The van der Waals surface area contributed by atoms with Crippen molar-refractivity contribution >= 4 is 40.7 Å². The first-order valence-corrected chi connectivity index (χ1v) is 12.9. The van der Waals surface area contributed by atoms with Crippen LogP contribution in [0.25, 0.3) is 11.6 Å². The van der Waals surface area contributed by atoms with Crippen molar-refractivity contribution in [2.45, 2.75) is 38.7 Å². The molecule has 38 heavy (non-hydrogen) atoms. The number of hydrogen-bond acceptors (Lipinski definition) is 6. The van der Waals surface area contributed by atoms with E-state index in [-0.39, 0.29) is 23.7 Å². The molecule has 0 bridgehead atoms. The Hall–Kier alpha value is -3.54. The lowest BCUT2D eigenvalue weighted by molar-refractivity contribution is -0.118. The van der Waals surface area contributed by atoms with E-state index in [0.29, 0.717) is 47.6 Å². The Labute approximate surface area is 219 Å². The van der Waals surface area contributed by atoms with E-state index in [1.165, 1.54) is 12.5 Å². The summed E-state index contributed by atoms with van der Waals surface area (Å²) in [5, 5.41) is 24.5. The number of anilines is 2. The number of carbonyl (C=O) groups is 3. The SMILES string of the molecule is Cc1c(/C=C2\C(=O)Nc3cc(NC(=O)CO)c(F)cc32)[nH]c2c1C(=O)N(CC(O)CN1CCCCC1)CC2. The molecule has 2 aromatic rings. The van der Waals surface area contributed by atoms with Gasteiger partial charge in [-0.1, -0.05) is 6.42 Å². The number of hydrogen-bond donors (Lipinski definition) is 5. The van der Waals surface area contributed by atoms with Crippen LogP contribution in [0.1, 0.15) is 52.1 Å². The zero-order valence-corrected chi connectivity index (χ0v) is 21.3. The van der Waals surface area contributed by atoms with Gasteiger partial charge in [0.25, 0.3) is 11.8 Å². The second kappa shape index (κ2) is 10.7. The van der Waals surface area contributed by atoms with E-state index in [1.807, 2.05) is 0 Å². The number of amides is 3. The molecular formula is C27H32FN5O5. The summed E-state index contributed by atoms with van der Waals surface area (Å²) >= 11 is 0. The quantitative estimate of drug-likeness (QED) is 0.349. The first-order chi connectivity index (χ1) is 18.2. The van der Waals surface area contributed by atoms with Crippen molar-refractivity contribution in [3.8, 4) is 0 Å². The average Bonchev–Trinajstić information content (AvgIpc) is 3.37. The minimum absolute atomic E-state index is 0.149. The molecule has 1 atom stereocenters. The van der Waals surface area contributed by atoms with Crippen molar-refractivity contribution in [1.29, 1.82) is 0 Å². The third kappa shape index (κ3) is 5.09. The fraction of sp³-hybridized carbons (Fsp3) is 0.444. The third-order valence-electron chi connectivity index (χ3n) is 7.44. The topological polar surface area (TPSA) is 138 Å². The first kappa shape index (κ1) is 26.1. The summed E-state index contributed by atoms with van der Waals surface area (Å²) in [6.07, 6.45) is 5.06. The van der Waals surface area contributed by atoms with Crippen molar-refractivity contribution < 1.29 is 29.0 Å². The highest BCUT2D eigenvalue weighted by molar-refractivity contribution is 6.35. The van der Waals surface area contributed by atoms with Crippen LogP contribution in [0.5, 0.6) is 0 Å². The lowest BCUT2D eigenvalue weighted by atomic mass is 10.0. The van der Waals surface area contributed by atoms with Crippen LogP contribution in [0.3, 0.4) is 0 Å². The van der Waals surface area contributed by atoms with Gasteiger partial charge in [0.2, 0.25) is 5.91 Å². The van der Waals surface area contributed by atoms with Crippen molar-refractivity contribution in [3.63, 3.8) is 0 Å². The van der Waals surface area contributed by atoms with E-state index in [1.54, 1.807) is 17.9 Å². The van der Waals surface area contributed by atoms with Gasteiger partial charge in [0, 0.05) is 43.0 Å². The number of nitrogens with zero attached hydrogens (tertiary/aromatic N) is 2. The van der Waals surface area contributed by atoms with Gasteiger partial charge < -0.3 is 35.6 Å². The average molecular weight is 526 g/mol. The molecule has 3 aliphatic heterocycles. The summed E-state index contributed by atoms with van der Waals surface area (Å²) in [6, 6.07) is 2.46. The number of carbonyl (C=O) groups excluding carboxylic acids is 3. The fourth-order valence-corrected chi connectivity index (χ4v) is 5.52. The second-order valence-electron chi connectivity index (χ2n) is 10.1. The summed E-state index contributed by atoms with van der Waals surface area (Å²) in [4.78, 5) is 44.7. The lowest BCUT2D eigenvalue weighted by Gasteiger charge is -2.32. The maximum Gasteiger partial charge on any atom is 0.256 e. The van der Waals surface area contributed by atoms with Crippen LogP contribution in [-0.2, 0) is 16.0 Å². The summed E-state index contributed by atoms with van der Waals surface area (Å²) in [5.74, 6) is -2.11. The fourth-order valence-electron chi connectivity index (χ4n) is 5.52. The first-order valence-electron chi connectivity index (χ1n) is 12.9. The normalized spacial score (nSPS) is 19.4. The van der Waals surface area contributed by atoms with Crippen LogP contribution in [0.15, 0.2) is 12.1 Å². The summed E-state index contributed by atoms with van der Waals surface area (Å²) in [5.41, 5.74) is 3.31. The summed E-state index contributed by atoms with van der Waals surface area (Å²) in [6.45, 7) is 4.26. The zero-order valence-electron chi connectivity index (χ0n) is 21.3. The molecule has 0 aliphatic carbocycles. The maximum atomic E-state index is 14.6. The van der Waals surface area contributed by atoms with Crippen LogP contribution >= 0.6 is 0 Å². The molecule has 1 fully saturated rings. The van der Waals surface area contributed by atoms with E-state index in [4.69, 9.17) is 5.11 Å². The number of fused-ring (bicyclic) bond motifs is 2. The predicted octanol–water partition coefficient (Wildman–Crippen LogP) is 1.73. The van der Waals surface area contributed by atoms with Gasteiger partial charge >= 0.3 is 0 Å². The molecule has 10 nitrogen and oxygen atoms in total. The molecule has 11 heteroatoms. The Balaban J connectivity index is 1.35. The standard InChI is InChI=1S/C27H32FN5O5/c1-15-21(10-18-17-9-19(28)23(30-24(36)14-34)11-22(17)31-26(18)37)29-20-5-8-33(27(38)25(15)20)13-16(35)12-32-6-3-2-4-7-32/h9-11,16,29,34-35H,2-8,12-14H2,1H3,(H,30,36)(H,31,37)/b18-10-. The van der Waals surface area contributed by atoms with Crippen molar-refractivity contribution in [1.82, 2.24) is 14.8 Å². The van der Waals surface area contributed by atoms with Gasteiger partial charge in [0.05, 0.1) is 28.6 Å². The number of nitrogens with one attached hydrogen (secondary N) is 3. The largest absolute Gasteiger partial charge is 0.390 e. The Morgan fingerprint density at radius 3 is 2.68 bits per heavy atom. The molecule has 1 unspecified atom stereocenters. The molecule has 1 aromatic carbocycles. The summed E-state index contributed by atoms with van der Waals surface area (Å²) in [7, 11) is 0. The van der Waals surface area contributed by atoms with Crippen LogP contribution in [0.4, 0.5) is 15.8 Å². The Bertz CT molecular complexity index is 1310. The van der Waals surface area contributed by atoms with E-state index in [0.717, 1.165) is 37.7 Å². The minimum atomic E-state index is -0.793. The highest BCUT2D eigenvalue weighted by atomic mass is 19.1. The predicted molar refractivity (Wildman–Crippen MR) is 140 cm³/mol. The minimum Gasteiger partial charge on any atom is -0.390 e. The molecule has 1 saturated heterocycles. The number of aromatic amines is 1. The number of likely N-dealkylation sites (tertiary alicyclic amines) is 1. The van der Waals surface area contributed by atoms with Crippen molar-refractivity contribution in [3.05, 3.63) is 46.0 Å². The smallest absolute Gasteiger partial charge is 0.256 e. The zero-order chi connectivity index (χ0) is 27.0. The van der Waals surface area contributed by atoms with E-state index in [9.17, 15) is 23.9 Å². The molecule has 0 saturated carbocycles. The number of rotatable bonds is 7. The molecule has 5 N–H and O–H groups in total. The number of aliphatic hydroxyl groups excluding tert-OH is 2. The molecule has 4 heterocycles. The third-order valence-corrected chi connectivity index (χ3v) is 7.44. The highest BCUT2D eigenvalue weighted by Gasteiger charge is 2.32. The number of benzene rings is 1.